The van der Waals surface area contributed by atoms with Crippen molar-refractivity contribution in [1.29, 1.82) is 0 Å². The highest BCUT2D eigenvalue weighted by Crippen LogP contribution is 1.99. The number of primary amides is 1. The van der Waals surface area contributed by atoms with Crippen LogP contribution in [0.3, 0.4) is 0 Å². The van der Waals surface area contributed by atoms with Crippen LogP contribution in [0, 0.1) is 0 Å². The molecular formula is C11H19N3O4. The molecule has 0 heterocycles. The van der Waals surface area contributed by atoms with Gasteiger partial charge in [0.1, 0.15) is 6.04 Å². The lowest BCUT2D eigenvalue weighted by Crippen LogP contribution is -2.49. The molecule has 7 nitrogen and oxygen atoms in total. The summed E-state index contributed by atoms with van der Waals surface area (Å²) >= 11 is 0. The second kappa shape index (κ2) is 7.31. The van der Waals surface area contributed by atoms with E-state index in [0.717, 1.165) is 5.57 Å². The van der Waals surface area contributed by atoms with Gasteiger partial charge in [0.2, 0.25) is 5.91 Å². The summed E-state index contributed by atoms with van der Waals surface area (Å²) < 4.78 is 0. The third-order valence-electron chi connectivity index (χ3n) is 2.13. The second-order valence-corrected chi connectivity index (χ2v) is 3.98. The molecule has 0 fully saturated rings. The fraction of sp³-hybridized carbons (Fsp3) is 0.545. The van der Waals surface area contributed by atoms with Crippen LogP contribution in [0.25, 0.3) is 0 Å². The number of nitrogens with two attached hydrogens (primary N) is 1. The maximum atomic E-state index is 11.8. The number of urea groups is 1. The number of hydrogen-bond acceptors (Lipinski definition) is 3. The summed E-state index contributed by atoms with van der Waals surface area (Å²) in [5.41, 5.74) is 5.69. The largest absolute Gasteiger partial charge is 0.480 e. The number of carboxylic acids is 1. The highest BCUT2D eigenvalue weighted by atomic mass is 16.4. The lowest BCUT2D eigenvalue weighted by atomic mass is 10.2. The van der Waals surface area contributed by atoms with E-state index in [1.165, 1.54) is 4.90 Å². The van der Waals surface area contributed by atoms with Gasteiger partial charge in [-0.25, -0.2) is 9.59 Å². The summed E-state index contributed by atoms with van der Waals surface area (Å²) in [6.07, 6.45) is -0.439. The number of nitrogens with zero attached hydrogens (tertiary/aromatic N) is 1. The fourth-order valence-electron chi connectivity index (χ4n) is 1.29. The van der Waals surface area contributed by atoms with Gasteiger partial charge in [-0.15, -0.1) is 0 Å². The van der Waals surface area contributed by atoms with Crippen LogP contribution in [0.2, 0.25) is 0 Å². The van der Waals surface area contributed by atoms with Gasteiger partial charge in [-0.05, 0) is 13.8 Å². The van der Waals surface area contributed by atoms with Gasteiger partial charge < -0.3 is 21.1 Å². The fourth-order valence-corrected chi connectivity index (χ4v) is 1.29. The maximum Gasteiger partial charge on any atom is 0.326 e. The molecule has 0 aromatic rings. The number of rotatable bonds is 7. The van der Waals surface area contributed by atoms with E-state index in [-0.39, 0.29) is 0 Å². The van der Waals surface area contributed by atoms with Gasteiger partial charge in [0.25, 0.3) is 0 Å². The Morgan fingerprint density at radius 1 is 1.44 bits per heavy atom. The Morgan fingerprint density at radius 3 is 2.33 bits per heavy atom. The number of amides is 3. The Kier molecular flexibility index (Phi) is 6.48. The van der Waals surface area contributed by atoms with E-state index in [0.29, 0.717) is 13.1 Å². The average molecular weight is 257 g/mol. The van der Waals surface area contributed by atoms with Gasteiger partial charge in [-0.1, -0.05) is 12.2 Å². The van der Waals surface area contributed by atoms with Crippen molar-refractivity contribution in [3.63, 3.8) is 0 Å². The van der Waals surface area contributed by atoms with E-state index in [4.69, 9.17) is 10.8 Å². The number of carboxylic acid groups (broad SMARTS) is 1. The Labute approximate surface area is 106 Å². The molecule has 0 saturated carbocycles. The van der Waals surface area contributed by atoms with Crippen LogP contribution in [-0.2, 0) is 9.59 Å². The zero-order valence-corrected chi connectivity index (χ0v) is 10.6. The molecule has 0 spiro atoms. The van der Waals surface area contributed by atoms with E-state index in [1.807, 2.05) is 0 Å². The molecule has 1 atom stereocenters. The summed E-state index contributed by atoms with van der Waals surface area (Å²) in [4.78, 5) is 34.7. The molecule has 3 amide bonds. The van der Waals surface area contributed by atoms with E-state index in [9.17, 15) is 14.4 Å². The first kappa shape index (κ1) is 16.0. The predicted octanol–water partition coefficient (Wildman–Crippen LogP) is -0.0774. The first-order valence-corrected chi connectivity index (χ1v) is 5.48. The Morgan fingerprint density at radius 2 is 2.00 bits per heavy atom. The molecule has 0 rings (SSSR count). The maximum absolute atomic E-state index is 11.8. The smallest absolute Gasteiger partial charge is 0.326 e. The third kappa shape index (κ3) is 5.88. The van der Waals surface area contributed by atoms with Gasteiger partial charge in [0.05, 0.1) is 6.42 Å². The zero-order chi connectivity index (χ0) is 14.3. The van der Waals surface area contributed by atoms with Gasteiger partial charge in [0, 0.05) is 13.1 Å². The van der Waals surface area contributed by atoms with Gasteiger partial charge >= 0.3 is 12.0 Å². The molecule has 102 valence electrons. The van der Waals surface area contributed by atoms with Gasteiger partial charge in [0.15, 0.2) is 0 Å². The number of carbonyl (C=O) groups excluding carboxylic acids is 2. The normalized spacial score (nSPS) is 11.4. The molecule has 4 N–H and O–H groups in total. The molecule has 0 bridgehead atoms. The Balaban J connectivity index is 4.60. The van der Waals surface area contributed by atoms with Crippen LogP contribution in [0.4, 0.5) is 4.79 Å². The molecule has 0 aliphatic rings. The topological polar surface area (TPSA) is 113 Å². The molecule has 0 aliphatic carbocycles. The van der Waals surface area contributed by atoms with Crippen molar-refractivity contribution in [2.75, 3.05) is 13.1 Å². The molecule has 0 aliphatic heterocycles. The summed E-state index contributed by atoms with van der Waals surface area (Å²) in [5, 5.41) is 11.1. The summed E-state index contributed by atoms with van der Waals surface area (Å²) in [5.74, 6) is -2.08. The minimum absolute atomic E-state index is 0.325. The van der Waals surface area contributed by atoms with Gasteiger partial charge in [-0.3, -0.25) is 4.79 Å². The van der Waals surface area contributed by atoms with E-state index in [1.54, 1.807) is 13.8 Å². The minimum atomic E-state index is -1.31. The van der Waals surface area contributed by atoms with Crippen molar-refractivity contribution >= 4 is 17.9 Å². The second-order valence-electron chi connectivity index (χ2n) is 3.98. The molecule has 7 heteroatoms. The third-order valence-corrected chi connectivity index (χ3v) is 2.13. The van der Waals surface area contributed by atoms with Gasteiger partial charge in [-0.2, -0.15) is 0 Å². The van der Waals surface area contributed by atoms with Crippen LogP contribution in [0.15, 0.2) is 12.2 Å². The van der Waals surface area contributed by atoms with Crippen molar-refractivity contribution in [2.45, 2.75) is 26.3 Å². The first-order chi connectivity index (χ1) is 8.27. The zero-order valence-electron chi connectivity index (χ0n) is 10.6. The quantitative estimate of drug-likeness (QED) is 0.554. The summed E-state index contributed by atoms with van der Waals surface area (Å²) in [6.45, 7) is 7.92. The number of hydrogen-bond donors (Lipinski definition) is 3. The first-order valence-electron chi connectivity index (χ1n) is 5.48. The average Bonchev–Trinajstić information content (AvgIpc) is 2.23. The number of nitrogens with one attached hydrogen (secondary N) is 1. The molecule has 0 aromatic carbocycles. The van der Waals surface area contributed by atoms with Crippen LogP contribution in [0.5, 0.6) is 0 Å². The van der Waals surface area contributed by atoms with Crippen molar-refractivity contribution in [1.82, 2.24) is 10.2 Å². The number of carbonyl (C=O) groups is 3. The van der Waals surface area contributed by atoms with Crippen LogP contribution in [-0.4, -0.2) is 47.0 Å². The standard InChI is InChI=1S/C11H19N3O4/c1-4-14(6-7(2)3)11(18)13-8(10(16)17)5-9(12)15/h8H,2,4-6H2,1,3H3,(H2,12,15)(H,13,18)(H,16,17)/t8-/m1/s1. The molecule has 0 aromatic heterocycles. The van der Waals surface area contributed by atoms with Crippen LogP contribution >= 0.6 is 0 Å². The molecule has 0 radical (unpaired) electrons. The van der Waals surface area contributed by atoms with Crippen molar-refractivity contribution < 1.29 is 19.5 Å². The van der Waals surface area contributed by atoms with E-state index >= 15 is 0 Å². The Hall–Kier alpha value is -2.05. The summed E-state index contributed by atoms with van der Waals surface area (Å²) in [7, 11) is 0. The molecule has 0 saturated heterocycles. The SMILES string of the molecule is C=C(C)CN(CC)C(=O)N[C@H](CC(N)=O)C(=O)O. The van der Waals surface area contributed by atoms with Crippen molar-refractivity contribution in [3.8, 4) is 0 Å². The Bertz CT molecular complexity index is 354. The molecule has 18 heavy (non-hydrogen) atoms. The molecule has 0 unspecified atom stereocenters. The van der Waals surface area contributed by atoms with Crippen LogP contribution in [0.1, 0.15) is 20.3 Å². The van der Waals surface area contributed by atoms with E-state index in [2.05, 4.69) is 11.9 Å². The van der Waals surface area contributed by atoms with E-state index < -0.39 is 30.4 Å². The van der Waals surface area contributed by atoms with Crippen molar-refractivity contribution in [2.24, 2.45) is 5.73 Å². The lowest BCUT2D eigenvalue weighted by Gasteiger charge is -2.23. The van der Waals surface area contributed by atoms with Crippen molar-refractivity contribution in [3.05, 3.63) is 12.2 Å². The summed E-state index contributed by atoms with van der Waals surface area (Å²) in [6, 6.07) is -1.87. The number of likely N-dealkylation sites (N-methyl/N-ethyl adjacent to an activating group) is 1. The number of aliphatic carboxylic acids is 1. The monoisotopic (exact) mass is 257 g/mol. The highest BCUT2D eigenvalue weighted by molar-refractivity contribution is 5.87. The predicted molar refractivity (Wildman–Crippen MR) is 65.8 cm³/mol. The lowest BCUT2D eigenvalue weighted by molar-refractivity contribution is -0.140. The highest BCUT2D eigenvalue weighted by Gasteiger charge is 2.24. The molecular weight excluding hydrogens is 238 g/mol. The minimum Gasteiger partial charge on any atom is -0.480 e. The van der Waals surface area contributed by atoms with Crippen LogP contribution < -0.4 is 11.1 Å².